The molecular weight excluding hydrogens is 132 g/mol. The Labute approximate surface area is 58.0 Å². The van der Waals surface area contributed by atoms with Crippen molar-refractivity contribution in [1.29, 1.82) is 0 Å². The van der Waals surface area contributed by atoms with Crippen LogP contribution in [0.5, 0.6) is 0 Å². The summed E-state index contributed by atoms with van der Waals surface area (Å²) >= 11 is 1.67. The third-order valence-electron chi connectivity index (χ3n) is 1.77. The van der Waals surface area contributed by atoms with Gasteiger partial charge in [-0.2, -0.15) is 0 Å². The molecule has 0 saturated heterocycles. The Morgan fingerprint density at radius 1 is 1.67 bits per heavy atom. The van der Waals surface area contributed by atoms with Gasteiger partial charge >= 0.3 is 0 Å². The number of rotatable bonds is 0. The molecule has 0 aromatic carbocycles. The number of aliphatic hydroxyl groups is 1. The molecule has 48 valence electrons. The van der Waals surface area contributed by atoms with Crippen LogP contribution in [0.25, 0.3) is 0 Å². The standard InChI is InChI=1S/C7H8OS/c8-6-2-1-5-3-4-9-7(5)6/h3-4,6,8H,1-2H2/t6-/m1/s1. The quantitative estimate of drug-likeness (QED) is 0.582. The molecule has 2 heteroatoms. The number of hydrogen-bond acceptors (Lipinski definition) is 2. The summed E-state index contributed by atoms with van der Waals surface area (Å²) in [6.45, 7) is 0. The minimum Gasteiger partial charge on any atom is -0.388 e. The predicted molar refractivity (Wildman–Crippen MR) is 37.6 cm³/mol. The topological polar surface area (TPSA) is 20.2 Å². The fourth-order valence-electron chi connectivity index (χ4n) is 1.27. The second-order valence-corrected chi connectivity index (χ2v) is 3.31. The van der Waals surface area contributed by atoms with Crippen LogP contribution in [0, 0.1) is 0 Å². The first-order valence-electron chi connectivity index (χ1n) is 3.12. The van der Waals surface area contributed by atoms with E-state index in [9.17, 15) is 5.11 Å². The highest BCUT2D eigenvalue weighted by atomic mass is 32.1. The molecule has 2 rings (SSSR count). The monoisotopic (exact) mass is 140 g/mol. The molecule has 0 fully saturated rings. The van der Waals surface area contributed by atoms with Gasteiger partial charge in [0.2, 0.25) is 0 Å². The maximum Gasteiger partial charge on any atom is 0.0887 e. The number of thiophene rings is 1. The smallest absolute Gasteiger partial charge is 0.0887 e. The summed E-state index contributed by atoms with van der Waals surface area (Å²) in [5.41, 5.74) is 1.35. The van der Waals surface area contributed by atoms with E-state index in [-0.39, 0.29) is 6.10 Å². The molecule has 0 spiro atoms. The molecule has 0 aliphatic heterocycles. The van der Waals surface area contributed by atoms with E-state index in [0.29, 0.717) is 0 Å². The Balaban J connectivity index is 2.49. The molecule has 1 aliphatic rings. The molecule has 0 amide bonds. The highest BCUT2D eigenvalue weighted by molar-refractivity contribution is 7.10. The first kappa shape index (κ1) is 5.45. The van der Waals surface area contributed by atoms with Gasteiger partial charge < -0.3 is 5.11 Å². The van der Waals surface area contributed by atoms with Gasteiger partial charge in [-0.05, 0) is 29.9 Å². The third-order valence-corrected chi connectivity index (χ3v) is 2.83. The molecule has 1 aromatic heterocycles. The Morgan fingerprint density at radius 2 is 2.56 bits per heavy atom. The largest absolute Gasteiger partial charge is 0.388 e. The molecule has 0 saturated carbocycles. The van der Waals surface area contributed by atoms with Crippen LogP contribution in [0.4, 0.5) is 0 Å². The minimum atomic E-state index is -0.153. The first-order valence-corrected chi connectivity index (χ1v) is 4.00. The van der Waals surface area contributed by atoms with Crippen LogP contribution in [0.1, 0.15) is 23.0 Å². The van der Waals surface area contributed by atoms with Crippen LogP contribution in [0.3, 0.4) is 0 Å². The van der Waals surface area contributed by atoms with E-state index < -0.39 is 0 Å². The first-order chi connectivity index (χ1) is 4.38. The van der Waals surface area contributed by atoms with Crippen LogP contribution < -0.4 is 0 Å². The van der Waals surface area contributed by atoms with E-state index in [4.69, 9.17) is 0 Å². The van der Waals surface area contributed by atoms with Gasteiger partial charge in [0.05, 0.1) is 6.10 Å². The molecular formula is C7H8OS. The van der Waals surface area contributed by atoms with Crippen molar-refractivity contribution in [2.24, 2.45) is 0 Å². The van der Waals surface area contributed by atoms with Gasteiger partial charge in [-0.1, -0.05) is 0 Å². The summed E-state index contributed by atoms with van der Waals surface area (Å²) in [7, 11) is 0. The van der Waals surface area contributed by atoms with Crippen molar-refractivity contribution in [3.05, 3.63) is 21.9 Å². The van der Waals surface area contributed by atoms with Crippen molar-refractivity contribution >= 4 is 11.3 Å². The number of aliphatic hydroxyl groups excluding tert-OH is 1. The lowest BCUT2D eigenvalue weighted by Gasteiger charge is -1.95. The predicted octanol–water partition coefficient (Wildman–Crippen LogP) is 1.73. The van der Waals surface area contributed by atoms with Crippen molar-refractivity contribution < 1.29 is 5.11 Å². The van der Waals surface area contributed by atoms with E-state index in [1.165, 1.54) is 10.4 Å². The van der Waals surface area contributed by atoms with Crippen molar-refractivity contribution in [2.75, 3.05) is 0 Å². The van der Waals surface area contributed by atoms with Crippen LogP contribution in [-0.2, 0) is 6.42 Å². The van der Waals surface area contributed by atoms with Gasteiger partial charge in [-0.25, -0.2) is 0 Å². The molecule has 0 unspecified atom stereocenters. The number of aryl methyl sites for hydroxylation is 1. The van der Waals surface area contributed by atoms with Gasteiger partial charge in [0.1, 0.15) is 0 Å². The maximum absolute atomic E-state index is 9.28. The Hall–Kier alpha value is -0.340. The molecule has 1 nitrogen and oxygen atoms in total. The Kier molecular flexibility index (Phi) is 1.10. The average Bonchev–Trinajstić information content (AvgIpc) is 2.35. The lowest BCUT2D eigenvalue weighted by atomic mass is 10.3. The molecule has 0 bridgehead atoms. The van der Waals surface area contributed by atoms with Gasteiger partial charge in [0.15, 0.2) is 0 Å². The van der Waals surface area contributed by atoms with Crippen LogP contribution in [0.2, 0.25) is 0 Å². The molecule has 1 atom stereocenters. The summed E-state index contributed by atoms with van der Waals surface area (Å²) in [5, 5.41) is 11.3. The molecule has 1 aliphatic carbocycles. The zero-order chi connectivity index (χ0) is 6.27. The highest BCUT2D eigenvalue weighted by Gasteiger charge is 2.20. The normalized spacial score (nSPS) is 24.3. The van der Waals surface area contributed by atoms with E-state index in [1.54, 1.807) is 11.3 Å². The average molecular weight is 140 g/mol. The van der Waals surface area contributed by atoms with Crippen LogP contribution in [0.15, 0.2) is 11.4 Å². The Morgan fingerprint density at radius 3 is 3.33 bits per heavy atom. The van der Waals surface area contributed by atoms with Crippen molar-refractivity contribution in [3.8, 4) is 0 Å². The van der Waals surface area contributed by atoms with Crippen molar-refractivity contribution in [1.82, 2.24) is 0 Å². The lowest BCUT2D eigenvalue weighted by Crippen LogP contribution is -1.84. The molecule has 9 heavy (non-hydrogen) atoms. The molecule has 1 heterocycles. The van der Waals surface area contributed by atoms with E-state index >= 15 is 0 Å². The summed E-state index contributed by atoms with van der Waals surface area (Å²) in [4.78, 5) is 1.19. The zero-order valence-corrected chi connectivity index (χ0v) is 5.82. The van der Waals surface area contributed by atoms with E-state index in [0.717, 1.165) is 12.8 Å². The van der Waals surface area contributed by atoms with E-state index in [1.807, 2.05) is 5.38 Å². The van der Waals surface area contributed by atoms with Gasteiger partial charge in [0, 0.05) is 4.88 Å². The maximum atomic E-state index is 9.28. The summed E-state index contributed by atoms with van der Waals surface area (Å²) < 4.78 is 0. The molecule has 0 radical (unpaired) electrons. The van der Waals surface area contributed by atoms with Gasteiger partial charge in [-0.15, -0.1) is 11.3 Å². The molecule has 1 aromatic rings. The Bertz CT molecular complexity index is 216. The highest BCUT2D eigenvalue weighted by Crippen LogP contribution is 2.34. The van der Waals surface area contributed by atoms with Gasteiger partial charge in [0.25, 0.3) is 0 Å². The van der Waals surface area contributed by atoms with Crippen LogP contribution >= 0.6 is 11.3 Å². The van der Waals surface area contributed by atoms with E-state index in [2.05, 4.69) is 6.07 Å². The minimum absolute atomic E-state index is 0.153. The summed E-state index contributed by atoms with van der Waals surface area (Å²) in [6, 6.07) is 2.11. The lowest BCUT2D eigenvalue weighted by molar-refractivity contribution is 0.183. The van der Waals surface area contributed by atoms with Crippen molar-refractivity contribution in [3.63, 3.8) is 0 Å². The fourth-order valence-corrected chi connectivity index (χ4v) is 2.25. The third kappa shape index (κ3) is 0.705. The van der Waals surface area contributed by atoms with Crippen LogP contribution in [-0.4, -0.2) is 5.11 Å². The second kappa shape index (κ2) is 1.82. The SMILES string of the molecule is O[C@@H]1CCc2ccsc21. The second-order valence-electron chi connectivity index (χ2n) is 2.36. The molecule has 1 N–H and O–H groups in total. The zero-order valence-electron chi connectivity index (χ0n) is 5.00. The number of hydrogen-bond donors (Lipinski definition) is 1. The van der Waals surface area contributed by atoms with Gasteiger partial charge in [-0.3, -0.25) is 0 Å². The summed E-state index contributed by atoms with van der Waals surface area (Å²) in [5.74, 6) is 0. The van der Waals surface area contributed by atoms with Crippen molar-refractivity contribution in [2.45, 2.75) is 18.9 Å². The summed E-state index contributed by atoms with van der Waals surface area (Å²) in [6.07, 6.45) is 1.85. The number of fused-ring (bicyclic) bond motifs is 1. The fraction of sp³-hybridized carbons (Fsp3) is 0.429.